The van der Waals surface area contributed by atoms with Gasteiger partial charge in [-0.25, -0.2) is 0 Å². The lowest BCUT2D eigenvalue weighted by atomic mass is 10.00. The number of amides is 2. The standard InChI is InChI=1S/C21H26N2O2S/c1-14-6-5-7-18(10-14)23-21(25)13-26-12-20(24)22-17(4)19-11-15(2)8-9-16(19)3/h5-11,17H,12-13H2,1-4H3,(H,22,24)(H,23,25). The largest absolute Gasteiger partial charge is 0.349 e. The molecule has 0 saturated carbocycles. The molecule has 0 aliphatic rings. The third kappa shape index (κ3) is 6.23. The molecule has 26 heavy (non-hydrogen) atoms. The van der Waals surface area contributed by atoms with Crippen LogP contribution >= 0.6 is 11.8 Å². The molecule has 2 amide bonds. The van der Waals surface area contributed by atoms with Gasteiger partial charge in [0.05, 0.1) is 17.5 Å². The maximum absolute atomic E-state index is 12.1. The summed E-state index contributed by atoms with van der Waals surface area (Å²) in [5.74, 6) is 0.345. The van der Waals surface area contributed by atoms with Gasteiger partial charge >= 0.3 is 0 Å². The lowest BCUT2D eigenvalue weighted by Crippen LogP contribution is -2.29. The van der Waals surface area contributed by atoms with E-state index < -0.39 is 0 Å². The lowest BCUT2D eigenvalue weighted by molar-refractivity contribution is -0.119. The third-order valence-electron chi connectivity index (χ3n) is 4.05. The van der Waals surface area contributed by atoms with Crippen molar-refractivity contribution in [3.8, 4) is 0 Å². The highest BCUT2D eigenvalue weighted by molar-refractivity contribution is 8.00. The first kappa shape index (κ1) is 20.0. The molecule has 2 aromatic carbocycles. The molecule has 138 valence electrons. The molecule has 2 aromatic rings. The van der Waals surface area contributed by atoms with Gasteiger partial charge in [-0.1, -0.05) is 35.9 Å². The van der Waals surface area contributed by atoms with Crippen LogP contribution < -0.4 is 10.6 Å². The summed E-state index contributed by atoms with van der Waals surface area (Å²) in [5, 5.41) is 5.85. The van der Waals surface area contributed by atoms with Gasteiger partial charge in [0.15, 0.2) is 0 Å². The van der Waals surface area contributed by atoms with E-state index in [1.54, 1.807) is 0 Å². The van der Waals surface area contributed by atoms with Crippen LogP contribution in [-0.2, 0) is 9.59 Å². The molecular formula is C21H26N2O2S. The minimum absolute atomic E-state index is 0.0517. The van der Waals surface area contributed by atoms with Crippen molar-refractivity contribution in [3.05, 3.63) is 64.7 Å². The summed E-state index contributed by atoms with van der Waals surface area (Å²) in [6.07, 6.45) is 0. The smallest absolute Gasteiger partial charge is 0.234 e. The van der Waals surface area contributed by atoms with E-state index in [0.29, 0.717) is 0 Å². The number of hydrogen-bond donors (Lipinski definition) is 2. The normalized spacial score (nSPS) is 11.7. The summed E-state index contributed by atoms with van der Waals surface area (Å²) >= 11 is 1.31. The van der Waals surface area contributed by atoms with Crippen LogP contribution in [0.1, 0.15) is 35.2 Å². The zero-order valence-corrected chi connectivity index (χ0v) is 16.6. The Hall–Kier alpha value is -2.27. The molecule has 0 spiro atoms. The van der Waals surface area contributed by atoms with Gasteiger partial charge in [-0.15, -0.1) is 11.8 Å². The van der Waals surface area contributed by atoms with Gasteiger partial charge in [0.2, 0.25) is 11.8 Å². The molecule has 0 aliphatic carbocycles. The van der Waals surface area contributed by atoms with Crippen molar-refractivity contribution >= 4 is 29.3 Å². The van der Waals surface area contributed by atoms with Gasteiger partial charge in [-0.05, 0) is 56.5 Å². The van der Waals surface area contributed by atoms with E-state index in [1.165, 1.54) is 17.3 Å². The topological polar surface area (TPSA) is 58.2 Å². The summed E-state index contributed by atoms with van der Waals surface area (Å²) < 4.78 is 0. The van der Waals surface area contributed by atoms with Crippen molar-refractivity contribution in [2.75, 3.05) is 16.8 Å². The van der Waals surface area contributed by atoms with E-state index in [1.807, 2.05) is 52.0 Å². The Kier molecular flexibility index (Phi) is 7.27. The molecule has 1 atom stereocenters. The van der Waals surface area contributed by atoms with E-state index in [2.05, 4.69) is 28.8 Å². The number of thioether (sulfide) groups is 1. The van der Waals surface area contributed by atoms with Gasteiger partial charge in [-0.3, -0.25) is 9.59 Å². The molecule has 2 rings (SSSR count). The second-order valence-electron chi connectivity index (χ2n) is 6.56. The summed E-state index contributed by atoms with van der Waals surface area (Å²) in [6, 6.07) is 13.8. The number of aryl methyl sites for hydroxylation is 3. The number of rotatable bonds is 7. The molecular weight excluding hydrogens is 344 g/mol. The predicted octanol–water partition coefficient (Wildman–Crippen LogP) is 4.16. The minimum atomic E-state index is -0.101. The second-order valence-corrected chi connectivity index (χ2v) is 7.55. The van der Waals surface area contributed by atoms with Crippen LogP contribution in [0.5, 0.6) is 0 Å². The average Bonchev–Trinajstić information content (AvgIpc) is 2.57. The van der Waals surface area contributed by atoms with Crippen LogP contribution in [-0.4, -0.2) is 23.3 Å². The molecule has 0 bridgehead atoms. The SMILES string of the molecule is Cc1cccc(NC(=O)CSCC(=O)NC(C)c2cc(C)ccc2C)c1. The molecule has 0 radical (unpaired) electrons. The molecule has 4 nitrogen and oxygen atoms in total. The highest BCUT2D eigenvalue weighted by Crippen LogP contribution is 2.19. The van der Waals surface area contributed by atoms with Crippen molar-refractivity contribution in [3.63, 3.8) is 0 Å². The summed E-state index contributed by atoms with van der Waals surface area (Å²) in [4.78, 5) is 24.1. The van der Waals surface area contributed by atoms with Crippen molar-refractivity contribution in [1.82, 2.24) is 5.32 Å². The monoisotopic (exact) mass is 370 g/mol. The maximum Gasteiger partial charge on any atom is 0.234 e. The van der Waals surface area contributed by atoms with Gasteiger partial charge in [-0.2, -0.15) is 0 Å². The van der Waals surface area contributed by atoms with Crippen molar-refractivity contribution < 1.29 is 9.59 Å². The fraction of sp³-hybridized carbons (Fsp3) is 0.333. The van der Waals surface area contributed by atoms with Crippen LogP contribution in [0.15, 0.2) is 42.5 Å². The molecule has 0 aliphatic heterocycles. The Balaban J connectivity index is 1.76. The van der Waals surface area contributed by atoms with E-state index in [-0.39, 0.29) is 29.4 Å². The quantitative estimate of drug-likeness (QED) is 0.769. The minimum Gasteiger partial charge on any atom is -0.349 e. The first-order chi connectivity index (χ1) is 12.3. The first-order valence-corrected chi connectivity index (χ1v) is 9.81. The maximum atomic E-state index is 12.1. The molecule has 5 heteroatoms. The molecule has 2 N–H and O–H groups in total. The Morgan fingerprint density at radius 1 is 0.962 bits per heavy atom. The second kappa shape index (κ2) is 9.43. The van der Waals surface area contributed by atoms with Gasteiger partial charge in [0.25, 0.3) is 0 Å². The Labute approximate surface area is 159 Å². The number of carbonyl (C=O) groups excluding carboxylic acids is 2. The number of nitrogens with one attached hydrogen (secondary N) is 2. The Bertz CT molecular complexity index is 789. The predicted molar refractivity (Wildman–Crippen MR) is 110 cm³/mol. The van der Waals surface area contributed by atoms with E-state index in [0.717, 1.165) is 22.4 Å². The van der Waals surface area contributed by atoms with E-state index >= 15 is 0 Å². The van der Waals surface area contributed by atoms with Gasteiger partial charge in [0, 0.05) is 5.69 Å². The molecule has 0 aromatic heterocycles. The molecule has 0 saturated heterocycles. The van der Waals surface area contributed by atoms with Crippen LogP contribution in [0.4, 0.5) is 5.69 Å². The van der Waals surface area contributed by atoms with Crippen molar-refractivity contribution in [2.24, 2.45) is 0 Å². The number of anilines is 1. The van der Waals surface area contributed by atoms with E-state index in [9.17, 15) is 9.59 Å². The van der Waals surface area contributed by atoms with Crippen molar-refractivity contribution in [1.29, 1.82) is 0 Å². The molecule has 0 fully saturated rings. The van der Waals surface area contributed by atoms with Crippen LogP contribution in [0.25, 0.3) is 0 Å². The number of carbonyl (C=O) groups is 2. The van der Waals surface area contributed by atoms with Gasteiger partial charge in [0.1, 0.15) is 0 Å². The zero-order chi connectivity index (χ0) is 19.1. The third-order valence-corrected chi connectivity index (χ3v) is 4.98. The Morgan fingerprint density at radius 2 is 1.65 bits per heavy atom. The highest BCUT2D eigenvalue weighted by atomic mass is 32.2. The average molecular weight is 371 g/mol. The first-order valence-electron chi connectivity index (χ1n) is 8.66. The molecule has 0 heterocycles. The summed E-state index contributed by atoms with van der Waals surface area (Å²) in [6.45, 7) is 8.04. The van der Waals surface area contributed by atoms with Crippen LogP contribution in [0.3, 0.4) is 0 Å². The fourth-order valence-corrected chi connectivity index (χ4v) is 3.37. The number of benzene rings is 2. The lowest BCUT2D eigenvalue weighted by Gasteiger charge is -2.17. The van der Waals surface area contributed by atoms with Crippen LogP contribution in [0.2, 0.25) is 0 Å². The van der Waals surface area contributed by atoms with Crippen molar-refractivity contribution in [2.45, 2.75) is 33.7 Å². The van der Waals surface area contributed by atoms with E-state index in [4.69, 9.17) is 0 Å². The zero-order valence-electron chi connectivity index (χ0n) is 15.8. The molecule has 1 unspecified atom stereocenters. The summed E-state index contributed by atoms with van der Waals surface area (Å²) in [5.41, 5.74) is 5.34. The number of hydrogen-bond acceptors (Lipinski definition) is 3. The highest BCUT2D eigenvalue weighted by Gasteiger charge is 2.12. The summed E-state index contributed by atoms with van der Waals surface area (Å²) in [7, 11) is 0. The Morgan fingerprint density at radius 3 is 2.38 bits per heavy atom. The van der Waals surface area contributed by atoms with Crippen LogP contribution in [0, 0.1) is 20.8 Å². The van der Waals surface area contributed by atoms with Gasteiger partial charge < -0.3 is 10.6 Å². The fourth-order valence-electron chi connectivity index (χ4n) is 2.74.